The molecule has 0 spiro atoms. The fraction of sp³-hybridized carbons (Fsp3) is 0.833. The molecular formula is C6H10O3. The Morgan fingerprint density at radius 1 is 1.67 bits per heavy atom. The maximum absolute atomic E-state index is 10.3. The maximum atomic E-state index is 10.3. The average molecular weight is 130 g/mol. The Balaban J connectivity index is 2.49. The molecule has 1 rings (SSSR count). The van der Waals surface area contributed by atoms with E-state index in [0.717, 1.165) is 0 Å². The van der Waals surface area contributed by atoms with Crippen molar-refractivity contribution in [2.24, 2.45) is 11.8 Å². The highest BCUT2D eigenvalue weighted by Gasteiger charge is 2.30. The van der Waals surface area contributed by atoms with Crippen LogP contribution in [0.2, 0.25) is 0 Å². The highest BCUT2D eigenvalue weighted by molar-refractivity contribution is 5.70. The predicted molar refractivity (Wildman–Crippen MR) is 31.1 cm³/mol. The molecule has 0 bridgehead atoms. The lowest BCUT2D eigenvalue weighted by Gasteiger charge is -2.04. The van der Waals surface area contributed by atoms with Crippen molar-refractivity contribution in [2.75, 3.05) is 13.2 Å². The molecule has 0 unspecified atom stereocenters. The third-order valence-electron chi connectivity index (χ3n) is 1.68. The molecule has 0 radical (unpaired) electrons. The van der Waals surface area contributed by atoms with E-state index in [1.165, 1.54) is 0 Å². The Bertz CT molecular complexity index is 121. The smallest absolute Gasteiger partial charge is 0.309 e. The van der Waals surface area contributed by atoms with Crippen LogP contribution in [-0.2, 0) is 9.53 Å². The molecule has 1 aliphatic rings. The van der Waals surface area contributed by atoms with Crippen molar-refractivity contribution in [3.63, 3.8) is 0 Å². The Morgan fingerprint density at radius 2 is 2.33 bits per heavy atom. The van der Waals surface area contributed by atoms with E-state index in [2.05, 4.69) is 0 Å². The van der Waals surface area contributed by atoms with Crippen LogP contribution in [0.1, 0.15) is 6.92 Å². The molecule has 3 nitrogen and oxygen atoms in total. The Labute approximate surface area is 53.6 Å². The predicted octanol–water partition coefficient (Wildman–Crippen LogP) is 0.354. The van der Waals surface area contributed by atoms with Crippen LogP contribution in [0.25, 0.3) is 0 Å². The van der Waals surface area contributed by atoms with Crippen molar-refractivity contribution >= 4 is 5.97 Å². The van der Waals surface area contributed by atoms with Crippen LogP contribution in [0, 0.1) is 11.8 Å². The minimum Gasteiger partial charge on any atom is -0.481 e. The van der Waals surface area contributed by atoms with Gasteiger partial charge in [-0.1, -0.05) is 6.92 Å². The number of aliphatic carboxylic acids is 1. The summed E-state index contributed by atoms with van der Waals surface area (Å²) in [6.07, 6.45) is 0. The van der Waals surface area contributed by atoms with Gasteiger partial charge < -0.3 is 9.84 Å². The third-order valence-corrected chi connectivity index (χ3v) is 1.68. The summed E-state index contributed by atoms with van der Waals surface area (Å²) < 4.78 is 4.95. The molecule has 1 saturated heterocycles. The highest BCUT2D eigenvalue weighted by atomic mass is 16.5. The van der Waals surface area contributed by atoms with E-state index in [-0.39, 0.29) is 11.8 Å². The van der Waals surface area contributed by atoms with Gasteiger partial charge in [-0.15, -0.1) is 0 Å². The fourth-order valence-electron chi connectivity index (χ4n) is 0.976. The van der Waals surface area contributed by atoms with Crippen molar-refractivity contribution in [2.45, 2.75) is 6.92 Å². The van der Waals surface area contributed by atoms with Gasteiger partial charge >= 0.3 is 5.97 Å². The standard InChI is InChI=1S/C6H10O3/c1-4-2-9-3-5(4)6(7)8/h4-5H,2-3H2,1H3,(H,7,8)/t4-,5+/m1/s1. The molecule has 2 atom stereocenters. The van der Waals surface area contributed by atoms with Gasteiger partial charge in [-0.2, -0.15) is 0 Å². The average Bonchev–Trinajstić information content (AvgIpc) is 2.13. The molecule has 1 fully saturated rings. The molecule has 9 heavy (non-hydrogen) atoms. The lowest BCUT2D eigenvalue weighted by molar-refractivity contribution is -0.142. The first-order valence-electron chi connectivity index (χ1n) is 3.02. The molecule has 0 aliphatic carbocycles. The minimum atomic E-state index is -0.736. The molecule has 0 aromatic heterocycles. The first-order valence-corrected chi connectivity index (χ1v) is 3.02. The van der Waals surface area contributed by atoms with E-state index < -0.39 is 5.97 Å². The minimum absolute atomic E-state index is 0.183. The molecule has 1 heterocycles. The Morgan fingerprint density at radius 3 is 2.56 bits per heavy atom. The van der Waals surface area contributed by atoms with Crippen molar-refractivity contribution in [1.82, 2.24) is 0 Å². The van der Waals surface area contributed by atoms with Crippen LogP contribution >= 0.6 is 0 Å². The van der Waals surface area contributed by atoms with Gasteiger partial charge in [0.25, 0.3) is 0 Å². The molecule has 3 heteroatoms. The Hall–Kier alpha value is -0.570. The zero-order valence-electron chi connectivity index (χ0n) is 5.33. The van der Waals surface area contributed by atoms with Crippen LogP contribution < -0.4 is 0 Å². The summed E-state index contributed by atoms with van der Waals surface area (Å²) in [7, 11) is 0. The van der Waals surface area contributed by atoms with Crippen LogP contribution in [0.3, 0.4) is 0 Å². The van der Waals surface area contributed by atoms with Gasteiger partial charge in [-0.25, -0.2) is 0 Å². The summed E-state index contributed by atoms with van der Waals surface area (Å²) in [4.78, 5) is 10.3. The van der Waals surface area contributed by atoms with Crippen molar-refractivity contribution in [3.8, 4) is 0 Å². The molecule has 0 aromatic rings. The summed E-state index contributed by atoms with van der Waals surface area (Å²) in [6.45, 7) is 2.87. The lowest BCUT2D eigenvalue weighted by Crippen LogP contribution is -2.19. The second-order valence-corrected chi connectivity index (χ2v) is 2.46. The summed E-state index contributed by atoms with van der Waals surface area (Å²) in [6, 6.07) is 0. The Kier molecular flexibility index (Phi) is 1.71. The van der Waals surface area contributed by atoms with E-state index in [1.54, 1.807) is 0 Å². The fourth-order valence-corrected chi connectivity index (χ4v) is 0.976. The van der Waals surface area contributed by atoms with E-state index in [1.807, 2.05) is 6.92 Å². The highest BCUT2D eigenvalue weighted by Crippen LogP contribution is 2.19. The zero-order valence-corrected chi connectivity index (χ0v) is 5.33. The van der Waals surface area contributed by atoms with Crippen molar-refractivity contribution < 1.29 is 14.6 Å². The topological polar surface area (TPSA) is 46.5 Å². The number of hydrogen-bond donors (Lipinski definition) is 1. The summed E-state index contributed by atoms with van der Waals surface area (Å²) in [5, 5.41) is 8.50. The van der Waals surface area contributed by atoms with Crippen LogP contribution in [-0.4, -0.2) is 24.3 Å². The molecule has 52 valence electrons. The van der Waals surface area contributed by atoms with Gasteiger partial charge in [-0.05, 0) is 5.92 Å². The number of carboxylic acids is 1. The van der Waals surface area contributed by atoms with Crippen LogP contribution in [0.4, 0.5) is 0 Å². The van der Waals surface area contributed by atoms with Gasteiger partial charge in [0, 0.05) is 0 Å². The van der Waals surface area contributed by atoms with Gasteiger partial charge in [0.05, 0.1) is 19.1 Å². The van der Waals surface area contributed by atoms with Gasteiger partial charge in [-0.3, -0.25) is 4.79 Å². The summed E-state index contributed by atoms with van der Waals surface area (Å²) >= 11 is 0. The van der Waals surface area contributed by atoms with Gasteiger partial charge in [0.1, 0.15) is 0 Å². The quantitative estimate of drug-likeness (QED) is 0.557. The summed E-state index contributed by atoms with van der Waals surface area (Å²) in [5.74, 6) is -0.826. The molecule has 0 aromatic carbocycles. The molecule has 1 aliphatic heterocycles. The van der Waals surface area contributed by atoms with Crippen molar-refractivity contribution in [1.29, 1.82) is 0 Å². The lowest BCUT2D eigenvalue weighted by atomic mass is 9.99. The van der Waals surface area contributed by atoms with E-state index in [0.29, 0.717) is 13.2 Å². The SMILES string of the molecule is C[C@@H]1COC[C@@H]1C(=O)O. The molecule has 0 saturated carbocycles. The van der Waals surface area contributed by atoms with Gasteiger partial charge in [0.15, 0.2) is 0 Å². The van der Waals surface area contributed by atoms with E-state index in [4.69, 9.17) is 9.84 Å². The van der Waals surface area contributed by atoms with Gasteiger partial charge in [0.2, 0.25) is 0 Å². The second kappa shape index (κ2) is 2.35. The van der Waals surface area contributed by atoms with Crippen molar-refractivity contribution in [3.05, 3.63) is 0 Å². The number of hydrogen-bond acceptors (Lipinski definition) is 2. The van der Waals surface area contributed by atoms with E-state index in [9.17, 15) is 4.79 Å². The number of rotatable bonds is 1. The number of carbonyl (C=O) groups is 1. The largest absolute Gasteiger partial charge is 0.481 e. The van der Waals surface area contributed by atoms with E-state index >= 15 is 0 Å². The van der Waals surface area contributed by atoms with Crippen LogP contribution in [0.15, 0.2) is 0 Å². The molecular weight excluding hydrogens is 120 g/mol. The molecule has 1 N–H and O–H groups in total. The first kappa shape index (κ1) is 6.55. The molecule has 0 amide bonds. The normalized spacial score (nSPS) is 34.8. The maximum Gasteiger partial charge on any atom is 0.309 e. The monoisotopic (exact) mass is 130 g/mol. The van der Waals surface area contributed by atoms with Crippen LogP contribution in [0.5, 0.6) is 0 Å². The second-order valence-electron chi connectivity index (χ2n) is 2.46. The summed E-state index contributed by atoms with van der Waals surface area (Å²) in [5.41, 5.74) is 0. The first-order chi connectivity index (χ1) is 4.22. The number of ether oxygens (including phenoxy) is 1. The zero-order chi connectivity index (χ0) is 6.85. The third kappa shape index (κ3) is 1.21. The number of carboxylic acid groups (broad SMARTS) is 1.